The number of pyridine rings is 1. The molecule has 0 bridgehead atoms. The molecule has 0 atom stereocenters. The summed E-state index contributed by atoms with van der Waals surface area (Å²) in [5.74, 6) is -0.0507. The zero-order chi connectivity index (χ0) is 13.5. The van der Waals surface area contributed by atoms with Crippen LogP contribution in [0.15, 0.2) is 18.3 Å². The second-order valence-electron chi connectivity index (χ2n) is 4.38. The standard InChI is InChI=1S/C14H22N2O2/c1-4-13(5-2)16(8-9-17)14(18)12-7-6-11(3)15-10-12/h6-7,10,13,17H,4-5,8-9H2,1-3H3. The van der Waals surface area contributed by atoms with Crippen LogP contribution in [0.5, 0.6) is 0 Å². The fraction of sp³-hybridized carbons (Fsp3) is 0.571. The number of hydrogen-bond acceptors (Lipinski definition) is 3. The van der Waals surface area contributed by atoms with Crippen molar-refractivity contribution in [3.63, 3.8) is 0 Å². The molecule has 1 heterocycles. The van der Waals surface area contributed by atoms with Crippen LogP contribution in [0, 0.1) is 6.92 Å². The van der Waals surface area contributed by atoms with Gasteiger partial charge in [0.1, 0.15) is 0 Å². The summed E-state index contributed by atoms with van der Waals surface area (Å²) in [6, 6.07) is 3.79. The largest absolute Gasteiger partial charge is 0.395 e. The topological polar surface area (TPSA) is 53.4 Å². The van der Waals surface area contributed by atoms with Gasteiger partial charge in [0.15, 0.2) is 0 Å². The van der Waals surface area contributed by atoms with Crippen molar-refractivity contribution in [2.75, 3.05) is 13.2 Å². The van der Waals surface area contributed by atoms with E-state index in [4.69, 9.17) is 5.11 Å². The average molecular weight is 250 g/mol. The Balaban J connectivity index is 2.91. The lowest BCUT2D eigenvalue weighted by molar-refractivity contribution is 0.0622. The minimum Gasteiger partial charge on any atom is -0.395 e. The smallest absolute Gasteiger partial charge is 0.255 e. The lowest BCUT2D eigenvalue weighted by atomic mass is 10.1. The van der Waals surface area contributed by atoms with Gasteiger partial charge >= 0.3 is 0 Å². The summed E-state index contributed by atoms with van der Waals surface area (Å²) < 4.78 is 0. The molecule has 1 amide bonds. The second-order valence-corrected chi connectivity index (χ2v) is 4.38. The number of aliphatic hydroxyl groups is 1. The van der Waals surface area contributed by atoms with Crippen molar-refractivity contribution in [1.82, 2.24) is 9.88 Å². The van der Waals surface area contributed by atoms with Gasteiger partial charge in [-0.3, -0.25) is 9.78 Å². The third kappa shape index (κ3) is 3.53. The molecule has 1 rings (SSSR count). The van der Waals surface area contributed by atoms with Crippen molar-refractivity contribution in [2.45, 2.75) is 39.7 Å². The molecule has 4 heteroatoms. The molecule has 4 nitrogen and oxygen atoms in total. The Kier molecular flexibility index (Phi) is 5.78. The summed E-state index contributed by atoms with van der Waals surface area (Å²) >= 11 is 0. The predicted molar refractivity (Wildman–Crippen MR) is 71.5 cm³/mol. The van der Waals surface area contributed by atoms with E-state index in [0.29, 0.717) is 12.1 Å². The van der Waals surface area contributed by atoms with Crippen LogP contribution in [-0.2, 0) is 0 Å². The Morgan fingerprint density at radius 1 is 1.39 bits per heavy atom. The molecule has 0 aliphatic carbocycles. The maximum Gasteiger partial charge on any atom is 0.255 e. The predicted octanol–water partition coefficient (Wildman–Crippen LogP) is 2.01. The van der Waals surface area contributed by atoms with Gasteiger partial charge in [0, 0.05) is 24.5 Å². The van der Waals surface area contributed by atoms with Gasteiger partial charge in [-0.1, -0.05) is 13.8 Å². The van der Waals surface area contributed by atoms with Crippen LogP contribution in [0.2, 0.25) is 0 Å². The lowest BCUT2D eigenvalue weighted by Gasteiger charge is -2.30. The fourth-order valence-corrected chi connectivity index (χ4v) is 2.05. The molecule has 18 heavy (non-hydrogen) atoms. The number of carbonyl (C=O) groups is 1. The highest BCUT2D eigenvalue weighted by Gasteiger charge is 2.21. The molecule has 0 aromatic carbocycles. The summed E-state index contributed by atoms with van der Waals surface area (Å²) in [5.41, 5.74) is 1.48. The van der Waals surface area contributed by atoms with Crippen molar-refractivity contribution >= 4 is 5.91 Å². The molecule has 0 radical (unpaired) electrons. The number of aryl methyl sites for hydroxylation is 1. The van der Waals surface area contributed by atoms with E-state index in [1.165, 1.54) is 0 Å². The lowest BCUT2D eigenvalue weighted by Crippen LogP contribution is -2.41. The van der Waals surface area contributed by atoms with Crippen LogP contribution >= 0.6 is 0 Å². The molecule has 0 aliphatic rings. The van der Waals surface area contributed by atoms with Crippen molar-refractivity contribution in [3.05, 3.63) is 29.6 Å². The first kappa shape index (κ1) is 14.6. The van der Waals surface area contributed by atoms with Crippen LogP contribution in [-0.4, -0.2) is 40.1 Å². The number of hydrogen-bond donors (Lipinski definition) is 1. The molecule has 1 aromatic heterocycles. The molecule has 0 spiro atoms. The van der Waals surface area contributed by atoms with Crippen LogP contribution < -0.4 is 0 Å². The fourth-order valence-electron chi connectivity index (χ4n) is 2.05. The highest BCUT2D eigenvalue weighted by molar-refractivity contribution is 5.94. The first-order valence-corrected chi connectivity index (χ1v) is 6.48. The minimum atomic E-state index is -0.0507. The number of amides is 1. The quantitative estimate of drug-likeness (QED) is 0.840. The van der Waals surface area contributed by atoms with E-state index >= 15 is 0 Å². The monoisotopic (exact) mass is 250 g/mol. The van der Waals surface area contributed by atoms with Crippen molar-refractivity contribution in [3.8, 4) is 0 Å². The molecule has 0 fully saturated rings. The van der Waals surface area contributed by atoms with E-state index in [0.717, 1.165) is 18.5 Å². The Hall–Kier alpha value is -1.42. The van der Waals surface area contributed by atoms with Crippen LogP contribution in [0.1, 0.15) is 42.7 Å². The van der Waals surface area contributed by atoms with Crippen LogP contribution in [0.3, 0.4) is 0 Å². The third-order valence-corrected chi connectivity index (χ3v) is 3.14. The van der Waals surface area contributed by atoms with Crippen LogP contribution in [0.4, 0.5) is 0 Å². The maximum atomic E-state index is 12.4. The molecule has 1 N–H and O–H groups in total. The number of nitrogens with zero attached hydrogens (tertiary/aromatic N) is 2. The second kappa shape index (κ2) is 7.11. The highest BCUT2D eigenvalue weighted by atomic mass is 16.3. The van der Waals surface area contributed by atoms with E-state index in [1.807, 2.05) is 13.0 Å². The average Bonchev–Trinajstić information content (AvgIpc) is 2.39. The van der Waals surface area contributed by atoms with Crippen molar-refractivity contribution in [1.29, 1.82) is 0 Å². The van der Waals surface area contributed by atoms with Gasteiger partial charge in [-0.25, -0.2) is 0 Å². The van der Waals surface area contributed by atoms with Gasteiger partial charge in [0.05, 0.1) is 12.2 Å². The molecular formula is C14H22N2O2. The van der Waals surface area contributed by atoms with Gasteiger partial charge in [-0.15, -0.1) is 0 Å². The van der Waals surface area contributed by atoms with Crippen molar-refractivity contribution in [2.24, 2.45) is 0 Å². The highest BCUT2D eigenvalue weighted by Crippen LogP contribution is 2.13. The van der Waals surface area contributed by atoms with Crippen LogP contribution in [0.25, 0.3) is 0 Å². The van der Waals surface area contributed by atoms with Gasteiger partial charge < -0.3 is 10.0 Å². The Labute approximate surface area is 109 Å². The molecule has 0 aliphatic heterocycles. The van der Waals surface area contributed by atoms with Gasteiger partial charge in [0.25, 0.3) is 5.91 Å². The zero-order valence-electron chi connectivity index (χ0n) is 11.4. The summed E-state index contributed by atoms with van der Waals surface area (Å²) in [6.45, 7) is 6.36. The van der Waals surface area contributed by atoms with Gasteiger partial charge in [-0.2, -0.15) is 0 Å². The molecule has 0 saturated carbocycles. The summed E-state index contributed by atoms with van der Waals surface area (Å²) in [6.07, 6.45) is 3.38. The van der Waals surface area contributed by atoms with Crippen molar-refractivity contribution < 1.29 is 9.90 Å². The maximum absolute atomic E-state index is 12.4. The molecule has 1 aromatic rings. The van der Waals surface area contributed by atoms with Gasteiger partial charge in [-0.05, 0) is 31.9 Å². The first-order valence-electron chi connectivity index (χ1n) is 6.48. The normalized spacial score (nSPS) is 10.7. The van der Waals surface area contributed by atoms with E-state index in [-0.39, 0.29) is 18.6 Å². The molecule has 0 saturated heterocycles. The first-order chi connectivity index (χ1) is 8.63. The summed E-state index contributed by atoms with van der Waals surface area (Å²) in [4.78, 5) is 18.3. The zero-order valence-corrected chi connectivity index (χ0v) is 11.4. The number of rotatable bonds is 6. The third-order valence-electron chi connectivity index (χ3n) is 3.14. The Bertz CT molecular complexity index is 372. The van der Waals surface area contributed by atoms with E-state index in [9.17, 15) is 4.79 Å². The Morgan fingerprint density at radius 3 is 2.50 bits per heavy atom. The number of aromatic nitrogens is 1. The summed E-state index contributed by atoms with van der Waals surface area (Å²) in [7, 11) is 0. The molecule has 0 unspecified atom stereocenters. The number of aliphatic hydroxyl groups excluding tert-OH is 1. The van der Waals surface area contributed by atoms with E-state index in [2.05, 4.69) is 18.8 Å². The molecular weight excluding hydrogens is 228 g/mol. The summed E-state index contributed by atoms with van der Waals surface area (Å²) in [5, 5.41) is 9.11. The van der Waals surface area contributed by atoms with E-state index < -0.39 is 0 Å². The number of carbonyl (C=O) groups excluding carboxylic acids is 1. The van der Waals surface area contributed by atoms with E-state index in [1.54, 1.807) is 17.2 Å². The Morgan fingerprint density at radius 2 is 2.06 bits per heavy atom. The van der Waals surface area contributed by atoms with Gasteiger partial charge in [0.2, 0.25) is 0 Å². The molecule has 100 valence electrons. The minimum absolute atomic E-state index is 0.0124. The SMILES string of the molecule is CCC(CC)N(CCO)C(=O)c1ccc(C)nc1.